The van der Waals surface area contributed by atoms with Crippen molar-refractivity contribution in [2.24, 2.45) is 0 Å². The largest absolute Gasteiger partial charge is 0.446 e. The van der Waals surface area contributed by atoms with Crippen LogP contribution in [-0.4, -0.2) is 39.6 Å². The molecule has 6 bridgehead atoms. The number of nitrogens with one attached hydrogen (secondary N) is 3. The number of rotatable bonds is 0. The Morgan fingerprint density at radius 3 is 2.83 bits per heavy atom. The molecule has 0 radical (unpaired) electrons. The van der Waals surface area contributed by atoms with Crippen molar-refractivity contribution in [2.45, 2.75) is 69.2 Å². The van der Waals surface area contributed by atoms with Crippen molar-refractivity contribution in [3.63, 3.8) is 0 Å². The fourth-order valence-corrected chi connectivity index (χ4v) is 4.08. The average Bonchev–Trinajstić information content (AvgIpc) is 3.32. The Hall–Kier alpha value is -2.78. The number of amides is 1. The monoisotopic (exact) mass is 423 g/mol. The first-order chi connectivity index (χ1) is 14.4. The van der Waals surface area contributed by atoms with Gasteiger partial charge in [-0.3, -0.25) is 10.1 Å². The summed E-state index contributed by atoms with van der Waals surface area (Å²) in [5.74, 6) is 0.787. The number of hydrogen-bond donors (Lipinski definition) is 3. The molecule has 0 aromatic carbocycles. The van der Waals surface area contributed by atoms with Gasteiger partial charge in [-0.1, -0.05) is 6.42 Å². The molecule has 1 saturated carbocycles. The molecule has 0 spiro atoms. The van der Waals surface area contributed by atoms with Gasteiger partial charge in [0.05, 0.1) is 0 Å². The van der Waals surface area contributed by atoms with E-state index in [1.165, 1.54) is 0 Å². The van der Waals surface area contributed by atoms with Crippen molar-refractivity contribution in [3.05, 3.63) is 35.8 Å². The molecule has 3 atom stereocenters. The molecule has 1 amide bonds. The summed E-state index contributed by atoms with van der Waals surface area (Å²) in [4.78, 5) is 16.4. The molecule has 0 unspecified atom stereocenters. The highest BCUT2D eigenvalue weighted by Gasteiger charge is 2.41. The zero-order valence-electron chi connectivity index (χ0n) is 16.3. The number of carbonyl (C=O) groups excluding carboxylic acids is 1. The minimum absolute atomic E-state index is 0.108. The van der Waals surface area contributed by atoms with Crippen molar-refractivity contribution in [3.8, 4) is 0 Å². The number of nitrogens with zero attached hydrogens (tertiary/aromatic N) is 2. The number of hydrogen-bond acceptors (Lipinski definition) is 5. The van der Waals surface area contributed by atoms with Crippen LogP contribution in [0.5, 0.6) is 0 Å². The summed E-state index contributed by atoms with van der Waals surface area (Å²) in [6.07, 6.45) is -1.19. The minimum atomic E-state index is -4.52. The van der Waals surface area contributed by atoms with E-state index in [-0.39, 0.29) is 12.3 Å². The molecule has 0 saturated heterocycles. The summed E-state index contributed by atoms with van der Waals surface area (Å²) in [5.41, 5.74) is 2.52. The smallest absolute Gasteiger partial charge is 0.408 e. The van der Waals surface area contributed by atoms with E-state index in [4.69, 9.17) is 4.74 Å². The first kappa shape index (κ1) is 20.5. The Morgan fingerprint density at radius 1 is 1.13 bits per heavy atom. The molecule has 162 valence electrons. The lowest BCUT2D eigenvalue weighted by Gasteiger charge is -2.22. The number of ether oxygens (including phenoxy) is 1. The third-order valence-electron chi connectivity index (χ3n) is 5.65. The number of aromatic nitrogens is 3. The maximum atomic E-state index is 13.3. The van der Waals surface area contributed by atoms with Gasteiger partial charge in [-0.15, -0.1) is 0 Å². The third kappa shape index (κ3) is 5.03. The van der Waals surface area contributed by atoms with Gasteiger partial charge < -0.3 is 15.4 Å². The van der Waals surface area contributed by atoms with Gasteiger partial charge in [-0.2, -0.15) is 18.3 Å². The van der Waals surface area contributed by atoms with E-state index >= 15 is 0 Å². The molecule has 3 N–H and O–H groups in total. The van der Waals surface area contributed by atoms with Crippen LogP contribution < -0.4 is 10.6 Å². The highest BCUT2D eigenvalue weighted by molar-refractivity contribution is 5.68. The second-order valence-electron chi connectivity index (χ2n) is 7.89. The van der Waals surface area contributed by atoms with E-state index in [1.54, 1.807) is 6.20 Å². The van der Waals surface area contributed by atoms with E-state index in [0.29, 0.717) is 37.9 Å². The van der Waals surface area contributed by atoms with E-state index in [1.807, 2.05) is 23.5 Å². The fraction of sp³-hybridized carbons (Fsp3) is 0.550. The number of pyridine rings is 1. The van der Waals surface area contributed by atoms with Crippen molar-refractivity contribution >= 4 is 17.6 Å². The number of alkyl halides is 3. The summed E-state index contributed by atoms with van der Waals surface area (Å²) < 4.78 is 45.3. The summed E-state index contributed by atoms with van der Waals surface area (Å²) >= 11 is 0. The van der Waals surface area contributed by atoms with E-state index in [0.717, 1.165) is 23.5 Å². The Bertz CT molecular complexity index is 885. The fourth-order valence-electron chi connectivity index (χ4n) is 4.08. The molecular weight excluding hydrogens is 399 g/mol. The number of alkyl carbamates (subject to hydrolysis) is 1. The van der Waals surface area contributed by atoms with Gasteiger partial charge in [0.15, 0.2) is 5.82 Å². The van der Waals surface area contributed by atoms with Gasteiger partial charge >= 0.3 is 12.3 Å². The zero-order chi connectivity index (χ0) is 21.1. The van der Waals surface area contributed by atoms with Crippen LogP contribution in [0.3, 0.4) is 0 Å². The molecule has 7 nitrogen and oxygen atoms in total. The molecule has 1 fully saturated rings. The topological polar surface area (TPSA) is 91.9 Å². The van der Waals surface area contributed by atoms with Crippen molar-refractivity contribution in [2.75, 3.05) is 5.32 Å². The van der Waals surface area contributed by atoms with Crippen LogP contribution in [0.25, 0.3) is 0 Å². The number of aromatic amines is 1. The van der Waals surface area contributed by atoms with E-state index < -0.39 is 24.4 Å². The Labute approximate surface area is 171 Å². The summed E-state index contributed by atoms with van der Waals surface area (Å²) in [5, 5.41) is 12.6. The van der Waals surface area contributed by atoms with Gasteiger partial charge in [0.2, 0.25) is 0 Å². The van der Waals surface area contributed by atoms with Gasteiger partial charge in [0.25, 0.3) is 0 Å². The highest BCUT2D eigenvalue weighted by Crippen LogP contribution is 2.36. The molecule has 2 aromatic heterocycles. The first-order valence-corrected chi connectivity index (χ1v) is 10.2. The first-order valence-electron chi connectivity index (χ1n) is 10.2. The molecule has 30 heavy (non-hydrogen) atoms. The van der Waals surface area contributed by atoms with Crippen LogP contribution in [0, 0.1) is 0 Å². The lowest BCUT2D eigenvalue weighted by atomic mass is 10.0. The van der Waals surface area contributed by atoms with Gasteiger partial charge in [-0.25, -0.2) is 4.79 Å². The third-order valence-corrected chi connectivity index (χ3v) is 5.65. The molecule has 1 aliphatic heterocycles. The summed E-state index contributed by atoms with van der Waals surface area (Å²) in [7, 11) is 0. The standard InChI is InChI=1S/C20H24F3N5O2/c21-20(22,23)17-4-2-1-3-13-10-14(7-8-24-13)25-18-11-16(27-28-18)12-5-6-15(9-12)30-19(29)26-17/h7-8,10-12,15,17H,1-6,9H2,(H,26,29)(H2,25,27,28)/t12-,15+,17+/m0/s1. The Balaban J connectivity index is 1.54. The number of fused-ring (bicyclic) bond motifs is 7. The van der Waals surface area contributed by atoms with Crippen LogP contribution in [0.4, 0.5) is 29.5 Å². The second-order valence-corrected chi connectivity index (χ2v) is 7.89. The lowest BCUT2D eigenvalue weighted by Crippen LogP contribution is -2.46. The summed E-state index contributed by atoms with van der Waals surface area (Å²) in [6, 6.07) is 3.69. The predicted molar refractivity (Wildman–Crippen MR) is 104 cm³/mol. The van der Waals surface area contributed by atoms with Gasteiger partial charge in [0, 0.05) is 35.3 Å². The molecule has 10 heteroatoms. The summed E-state index contributed by atoms with van der Waals surface area (Å²) in [6.45, 7) is 0. The maximum Gasteiger partial charge on any atom is 0.408 e. The van der Waals surface area contributed by atoms with E-state index in [9.17, 15) is 18.0 Å². The van der Waals surface area contributed by atoms with Crippen LogP contribution >= 0.6 is 0 Å². The second kappa shape index (κ2) is 8.53. The molecular formula is C20H24F3N5O2. The van der Waals surface area contributed by atoms with Gasteiger partial charge in [0.1, 0.15) is 12.1 Å². The quantitative estimate of drug-likeness (QED) is 0.577. The average molecular weight is 423 g/mol. The Kier molecular flexibility index (Phi) is 5.83. The lowest BCUT2D eigenvalue weighted by molar-refractivity contribution is -0.156. The minimum Gasteiger partial charge on any atom is -0.446 e. The number of anilines is 2. The molecule has 2 aliphatic rings. The molecule has 3 heterocycles. The van der Waals surface area contributed by atoms with Crippen molar-refractivity contribution in [1.82, 2.24) is 20.5 Å². The zero-order valence-corrected chi connectivity index (χ0v) is 16.3. The van der Waals surface area contributed by atoms with Crippen LogP contribution in [0.15, 0.2) is 24.4 Å². The maximum absolute atomic E-state index is 13.3. The molecule has 2 aromatic rings. The number of aryl methyl sites for hydroxylation is 1. The van der Waals surface area contributed by atoms with E-state index in [2.05, 4.69) is 20.5 Å². The predicted octanol–water partition coefficient (Wildman–Crippen LogP) is 4.57. The number of H-pyrrole nitrogens is 1. The molecule has 1 aliphatic carbocycles. The highest BCUT2D eigenvalue weighted by atomic mass is 19.4. The Morgan fingerprint density at radius 2 is 2.00 bits per heavy atom. The number of halogens is 3. The normalized spacial score (nSPS) is 25.4. The van der Waals surface area contributed by atoms with Crippen LogP contribution in [0.1, 0.15) is 55.8 Å². The van der Waals surface area contributed by atoms with Gasteiger partial charge in [-0.05, 0) is 50.7 Å². The van der Waals surface area contributed by atoms with Crippen LogP contribution in [0.2, 0.25) is 0 Å². The van der Waals surface area contributed by atoms with Crippen molar-refractivity contribution in [1.29, 1.82) is 0 Å². The SMILES string of the molecule is O=C1N[C@@H](C(F)(F)F)CCCCc2cc(ccn2)Nc2cc([nH]n2)[C@H]2CC[C@H](C2)O1. The van der Waals surface area contributed by atoms with Crippen LogP contribution in [-0.2, 0) is 11.2 Å². The number of carbonyl (C=O) groups is 1. The van der Waals surface area contributed by atoms with Crippen molar-refractivity contribution < 1.29 is 22.7 Å². The molecule has 4 rings (SSSR count).